The molecule has 0 aromatic heterocycles. The zero-order valence-electron chi connectivity index (χ0n) is 15.9. The molecule has 2 aromatic carbocycles. The van der Waals surface area contributed by atoms with E-state index in [4.69, 9.17) is 9.84 Å². The number of hydrogen-bond donors (Lipinski definition) is 3. The van der Waals surface area contributed by atoms with Crippen molar-refractivity contribution in [3.63, 3.8) is 0 Å². The van der Waals surface area contributed by atoms with E-state index in [1.165, 1.54) is 24.3 Å². The molecular weight excluding hydrogens is 511 g/mol. The Labute approximate surface area is 185 Å². The van der Waals surface area contributed by atoms with Gasteiger partial charge in [-0.15, -0.1) is 0 Å². The fourth-order valence-corrected chi connectivity index (χ4v) is 3.86. The van der Waals surface area contributed by atoms with Gasteiger partial charge in [0.25, 0.3) is 5.91 Å². The molecule has 1 unspecified atom stereocenters. The van der Waals surface area contributed by atoms with Crippen LogP contribution in [0, 0.1) is 5.82 Å². The van der Waals surface area contributed by atoms with Crippen LogP contribution in [0.15, 0.2) is 39.3 Å². The molecule has 6 nitrogen and oxygen atoms in total. The summed E-state index contributed by atoms with van der Waals surface area (Å²) in [6, 6.07) is 7.93. The van der Waals surface area contributed by atoms with Crippen LogP contribution in [0.3, 0.4) is 0 Å². The van der Waals surface area contributed by atoms with Crippen LogP contribution in [0.2, 0.25) is 0 Å². The number of ether oxygens (including phenoxy) is 1. The van der Waals surface area contributed by atoms with Gasteiger partial charge in [0.1, 0.15) is 24.7 Å². The van der Waals surface area contributed by atoms with Crippen molar-refractivity contribution >= 4 is 49.4 Å². The van der Waals surface area contributed by atoms with Crippen LogP contribution in [0.1, 0.15) is 36.2 Å². The second-order valence-electron chi connectivity index (χ2n) is 6.44. The molecule has 0 bridgehead atoms. The van der Waals surface area contributed by atoms with Crippen molar-refractivity contribution in [3.8, 4) is 5.75 Å². The van der Waals surface area contributed by atoms with Gasteiger partial charge in [0, 0.05) is 17.3 Å². The van der Waals surface area contributed by atoms with Gasteiger partial charge in [-0.3, -0.25) is 9.59 Å². The van der Waals surface area contributed by atoms with E-state index in [9.17, 15) is 14.0 Å². The Bertz CT molecular complexity index is 885. The van der Waals surface area contributed by atoms with Crippen LogP contribution in [0.4, 0.5) is 10.1 Å². The number of benzene rings is 2. The first-order valence-corrected chi connectivity index (χ1v) is 10.5. The van der Waals surface area contributed by atoms with Crippen molar-refractivity contribution in [2.24, 2.45) is 0 Å². The number of hydrogen-bond acceptors (Lipinski definition) is 4. The number of halogens is 3. The summed E-state index contributed by atoms with van der Waals surface area (Å²) in [6.07, 6.45) is 0.911. The first-order chi connectivity index (χ1) is 13.7. The minimum atomic E-state index is -1.13. The first-order valence-electron chi connectivity index (χ1n) is 8.87. The van der Waals surface area contributed by atoms with E-state index in [-0.39, 0.29) is 24.0 Å². The summed E-state index contributed by atoms with van der Waals surface area (Å²) in [5.74, 6) is -1.57. The van der Waals surface area contributed by atoms with E-state index < -0.39 is 18.4 Å². The quantitative estimate of drug-likeness (QED) is 0.426. The van der Waals surface area contributed by atoms with Gasteiger partial charge in [0.15, 0.2) is 0 Å². The predicted octanol–water partition coefficient (Wildman–Crippen LogP) is 4.95. The lowest BCUT2D eigenvalue weighted by Crippen LogP contribution is -2.29. The molecule has 3 N–H and O–H groups in total. The van der Waals surface area contributed by atoms with Crippen LogP contribution in [-0.2, 0) is 11.4 Å². The maximum Gasteiger partial charge on any atom is 0.322 e. The smallest absolute Gasteiger partial charge is 0.322 e. The second-order valence-corrected chi connectivity index (χ2v) is 8.14. The fourth-order valence-electron chi connectivity index (χ4n) is 2.45. The standard InChI is InChI=1S/C20H21Br2FN2O4/c1-3-11(2)25-15-5-12(4-14(23)8-15)10-29-19-16(21)6-13(7-17(19)22)20(28)24-9-18(26)27/h4-8,11,25H,3,9-10H2,1-2H3,(H,24,28)(H,26,27). The molecule has 0 saturated heterocycles. The topological polar surface area (TPSA) is 87.7 Å². The number of carboxylic acid groups (broad SMARTS) is 1. The molecule has 0 aliphatic rings. The van der Waals surface area contributed by atoms with E-state index in [1.807, 2.05) is 19.9 Å². The minimum Gasteiger partial charge on any atom is -0.487 e. The van der Waals surface area contributed by atoms with E-state index in [0.717, 1.165) is 6.42 Å². The fraction of sp³-hybridized carbons (Fsp3) is 0.300. The first kappa shape index (κ1) is 23.2. The van der Waals surface area contributed by atoms with Crippen molar-refractivity contribution < 1.29 is 23.8 Å². The van der Waals surface area contributed by atoms with Gasteiger partial charge >= 0.3 is 5.97 Å². The number of anilines is 1. The van der Waals surface area contributed by atoms with E-state index in [2.05, 4.69) is 42.5 Å². The Hall–Kier alpha value is -2.13. The summed E-state index contributed by atoms with van der Waals surface area (Å²) in [5, 5.41) is 14.2. The zero-order chi connectivity index (χ0) is 21.6. The molecule has 2 rings (SSSR count). The van der Waals surface area contributed by atoms with Gasteiger partial charge in [-0.25, -0.2) is 4.39 Å². The third-order valence-electron chi connectivity index (χ3n) is 4.03. The molecule has 0 heterocycles. The Morgan fingerprint density at radius 3 is 2.41 bits per heavy atom. The van der Waals surface area contributed by atoms with E-state index >= 15 is 0 Å². The molecule has 0 saturated carbocycles. The highest BCUT2D eigenvalue weighted by Gasteiger charge is 2.15. The lowest BCUT2D eigenvalue weighted by molar-refractivity contribution is -0.135. The number of carbonyl (C=O) groups is 2. The summed E-state index contributed by atoms with van der Waals surface area (Å²) in [7, 11) is 0. The highest BCUT2D eigenvalue weighted by molar-refractivity contribution is 9.11. The van der Waals surface area contributed by atoms with Crippen molar-refractivity contribution in [1.29, 1.82) is 0 Å². The molecule has 156 valence electrons. The van der Waals surface area contributed by atoms with Crippen LogP contribution in [-0.4, -0.2) is 29.6 Å². The SMILES string of the molecule is CCC(C)Nc1cc(F)cc(COc2c(Br)cc(C(=O)NCC(=O)O)cc2Br)c1. The highest BCUT2D eigenvalue weighted by atomic mass is 79.9. The van der Waals surface area contributed by atoms with E-state index in [0.29, 0.717) is 25.9 Å². The third kappa shape index (κ3) is 7.01. The zero-order valence-corrected chi connectivity index (χ0v) is 19.1. The van der Waals surface area contributed by atoms with Gasteiger partial charge < -0.3 is 20.5 Å². The molecule has 0 spiro atoms. The molecule has 1 atom stereocenters. The average Bonchev–Trinajstić information content (AvgIpc) is 2.64. The third-order valence-corrected chi connectivity index (χ3v) is 5.20. The molecule has 29 heavy (non-hydrogen) atoms. The Morgan fingerprint density at radius 1 is 1.17 bits per heavy atom. The van der Waals surface area contributed by atoms with Gasteiger partial charge in [0.2, 0.25) is 0 Å². The monoisotopic (exact) mass is 530 g/mol. The number of carboxylic acids is 1. The van der Waals surface area contributed by atoms with Gasteiger partial charge in [0.05, 0.1) is 8.95 Å². The molecule has 9 heteroatoms. The Kier molecular flexibility index (Phi) is 8.45. The maximum absolute atomic E-state index is 13.9. The second kappa shape index (κ2) is 10.6. The van der Waals surface area contributed by atoms with Crippen LogP contribution >= 0.6 is 31.9 Å². The molecule has 0 fully saturated rings. The minimum absolute atomic E-state index is 0.120. The van der Waals surface area contributed by atoms with Crippen LogP contribution in [0.25, 0.3) is 0 Å². The lowest BCUT2D eigenvalue weighted by atomic mass is 10.1. The highest BCUT2D eigenvalue weighted by Crippen LogP contribution is 2.35. The molecular formula is C20H21Br2FN2O4. The van der Waals surface area contributed by atoms with E-state index in [1.54, 1.807) is 0 Å². The summed E-state index contributed by atoms with van der Waals surface area (Å²) in [4.78, 5) is 22.6. The Balaban J connectivity index is 2.13. The predicted molar refractivity (Wildman–Crippen MR) is 116 cm³/mol. The summed E-state index contributed by atoms with van der Waals surface area (Å²) in [5.41, 5.74) is 1.60. The summed E-state index contributed by atoms with van der Waals surface area (Å²) in [6.45, 7) is 3.71. The molecule has 1 amide bonds. The molecule has 0 aliphatic heterocycles. The molecule has 0 aliphatic carbocycles. The van der Waals surface area contributed by atoms with Crippen molar-refractivity contribution in [2.75, 3.05) is 11.9 Å². The number of amides is 1. The van der Waals surface area contributed by atoms with Crippen molar-refractivity contribution in [1.82, 2.24) is 5.32 Å². The average molecular weight is 532 g/mol. The van der Waals surface area contributed by atoms with Crippen molar-refractivity contribution in [3.05, 3.63) is 56.2 Å². The normalized spacial score (nSPS) is 11.6. The number of carbonyl (C=O) groups excluding carboxylic acids is 1. The maximum atomic E-state index is 13.9. The largest absolute Gasteiger partial charge is 0.487 e. The summed E-state index contributed by atoms with van der Waals surface area (Å²) < 4.78 is 20.8. The van der Waals surface area contributed by atoms with Crippen molar-refractivity contribution in [2.45, 2.75) is 32.9 Å². The van der Waals surface area contributed by atoms with Gasteiger partial charge in [-0.05, 0) is 81.1 Å². The molecule has 2 aromatic rings. The number of rotatable bonds is 9. The van der Waals surface area contributed by atoms with Gasteiger partial charge in [-0.2, -0.15) is 0 Å². The van der Waals surface area contributed by atoms with Crippen LogP contribution < -0.4 is 15.4 Å². The summed E-state index contributed by atoms with van der Waals surface area (Å²) >= 11 is 6.71. The van der Waals surface area contributed by atoms with Gasteiger partial charge in [-0.1, -0.05) is 6.92 Å². The number of nitrogens with one attached hydrogen (secondary N) is 2. The Morgan fingerprint density at radius 2 is 1.83 bits per heavy atom. The lowest BCUT2D eigenvalue weighted by Gasteiger charge is -2.15. The number of aliphatic carboxylic acids is 1. The van der Waals surface area contributed by atoms with Crippen LogP contribution in [0.5, 0.6) is 5.75 Å². The molecule has 0 radical (unpaired) electrons.